The van der Waals surface area contributed by atoms with Gasteiger partial charge in [0, 0.05) is 17.5 Å². The monoisotopic (exact) mass is 335 g/mol. The molecule has 4 aliphatic rings. The van der Waals surface area contributed by atoms with Gasteiger partial charge in [0.15, 0.2) is 0 Å². The molecule has 4 heteroatoms. The van der Waals surface area contributed by atoms with Crippen molar-refractivity contribution in [3.05, 3.63) is 27.4 Å². The predicted octanol–water partition coefficient (Wildman–Crippen LogP) is 4.99. The summed E-state index contributed by atoms with van der Waals surface area (Å²) in [6.07, 6.45) is 9.96. The van der Waals surface area contributed by atoms with Gasteiger partial charge in [-0.1, -0.05) is 24.3 Å². The van der Waals surface area contributed by atoms with E-state index in [2.05, 4.69) is 11.9 Å². The van der Waals surface area contributed by atoms with E-state index in [1.54, 1.807) is 6.08 Å². The van der Waals surface area contributed by atoms with Crippen LogP contribution in [0.25, 0.3) is 6.08 Å². The van der Waals surface area contributed by atoms with Crippen molar-refractivity contribution >= 4 is 34.9 Å². The molecule has 0 atom stereocenters. The summed E-state index contributed by atoms with van der Waals surface area (Å²) in [6.45, 7) is 4.55. The smallest absolute Gasteiger partial charge is 0.262 e. The Labute approximate surface area is 140 Å². The molecule has 1 amide bonds. The molecule has 4 fully saturated rings. The Morgan fingerprint density at radius 3 is 2.41 bits per heavy atom. The SMILES string of the molecule is C=Cc1csc(C(=O)NCC23CC4CC(CC(C4)C2)C3)c1Cl. The fourth-order valence-electron chi connectivity index (χ4n) is 5.50. The summed E-state index contributed by atoms with van der Waals surface area (Å²) < 4.78 is 0. The van der Waals surface area contributed by atoms with Gasteiger partial charge in [0.2, 0.25) is 0 Å². The first-order chi connectivity index (χ1) is 10.6. The Morgan fingerprint density at radius 2 is 1.91 bits per heavy atom. The van der Waals surface area contributed by atoms with Crippen LogP contribution in [0.3, 0.4) is 0 Å². The molecule has 4 aliphatic carbocycles. The molecule has 0 radical (unpaired) electrons. The molecule has 5 rings (SSSR count). The average Bonchev–Trinajstić information content (AvgIpc) is 2.84. The highest BCUT2D eigenvalue weighted by atomic mass is 35.5. The topological polar surface area (TPSA) is 29.1 Å². The Morgan fingerprint density at radius 1 is 1.32 bits per heavy atom. The van der Waals surface area contributed by atoms with Crippen LogP contribution in [0.4, 0.5) is 0 Å². The summed E-state index contributed by atoms with van der Waals surface area (Å²) >= 11 is 7.66. The maximum Gasteiger partial charge on any atom is 0.262 e. The number of amides is 1. The molecule has 1 heterocycles. The Bertz CT molecular complexity index is 585. The molecule has 22 heavy (non-hydrogen) atoms. The molecule has 0 aromatic carbocycles. The highest BCUT2D eigenvalue weighted by molar-refractivity contribution is 7.13. The molecule has 1 aromatic rings. The van der Waals surface area contributed by atoms with Gasteiger partial charge in [0.25, 0.3) is 5.91 Å². The summed E-state index contributed by atoms with van der Waals surface area (Å²) in [7, 11) is 0. The Kier molecular flexibility index (Phi) is 3.61. The van der Waals surface area contributed by atoms with Crippen LogP contribution in [-0.4, -0.2) is 12.5 Å². The summed E-state index contributed by atoms with van der Waals surface area (Å²) in [4.78, 5) is 13.1. The predicted molar refractivity (Wildman–Crippen MR) is 92.4 cm³/mol. The Balaban J connectivity index is 1.45. The van der Waals surface area contributed by atoms with Crippen LogP contribution in [0, 0.1) is 23.2 Å². The third kappa shape index (κ3) is 2.43. The zero-order valence-electron chi connectivity index (χ0n) is 12.7. The second kappa shape index (κ2) is 5.38. The molecule has 4 bridgehead atoms. The maximum absolute atomic E-state index is 12.5. The zero-order chi connectivity index (χ0) is 15.3. The zero-order valence-corrected chi connectivity index (χ0v) is 14.3. The van der Waals surface area contributed by atoms with Crippen molar-refractivity contribution in [1.29, 1.82) is 0 Å². The third-order valence-electron chi connectivity index (χ3n) is 5.97. The fraction of sp³-hybridized carbons (Fsp3) is 0.611. The van der Waals surface area contributed by atoms with E-state index in [9.17, 15) is 4.79 Å². The van der Waals surface area contributed by atoms with Crippen molar-refractivity contribution in [1.82, 2.24) is 5.32 Å². The van der Waals surface area contributed by atoms with Crippen LogP contribution >= 0.6 is 22.9 Å². The first-order valence-electron chi connectivity index (χ1n) is 8.26. The number of hydrogen-bond acceptors (Lipinski definition) is 2. The van der Waals surface area contributed by atoms with E-state index in [1.165, 1.54) is 49.9 Å². The van der Waals surface area contributed by atoms with Gasteiger partial charge >= 0.3 is 0 Å². The van der Waals surface area contributed by atoms with Crippen molar-refractivity contribution in [3.8, 4) is 0 Å². The van der Waals surface area contributed by atoms with Gasteiger partial charge < -0.3 is 5.32 Å². The molecule has 0 spiro atoms. The molecule has 0 unspecified atom stereocenters. The highest BCUT2D eigenvalue weighted by Crippen LogP contribution is 2.59. The van der Waals surface area contributed by atoms with Crippen LogP contribution in [0.2, 0.25) is 5.02 Å². The number of nitrogens with one attached hydrogen (secondary N) is 1. The third-order valence-corrected chi connectivity index (χ3v) is 7.49. The quantitative estimate of drug-likeness (QED) is 0.825. The van der Waals surface area contributed by atoms with E-state index in [-0.39, 0.29) is 5.91 Å². The van der Waals surface area contributed by atoms with Gasteiger partial charge in [-0.05, 0) is 61.7 Å². The lowest BCUT2D eigenvalue weighted by Gasteiger charge is -2.56. The highest BCUT2D eigenvalue weighted by Gasteiger charge is 2.50. The molecule has 4 saturated carbocycles. The first-order valence-corrected chi connectivity index (χ1v) is 9.52. The number of carbonyl (C=O) groups excluding carboxylic acids is 1. The molecule has 1 aromatic heterocycles. The van der Waals surface area contributed by atoms with Gasteiger partial charge in [-0.25, -0.2) is 0 Å². The van der Waals surface area contributed by atoms with E-state index in [0.29, 0.717) is 15.3 Å². The molecule has 2 nitrogen and oxygen atoms in total. The summed E-state index contributed by atoms with van der Waals surface area (Å²) in [6, 6.07) is 0. The van der Waals surface area contributed by atoms with Crippen LogP contribution in [0.5, 0.6) is 0 Å². The van der Waals surface area contributed by atoms with Crippen molar-refractivity contribution in [2.45, 2.75) is 38.5 Å². The second-order valence-electron chi connectivity index (χ2n) is 7.64. The van der Waals surface area contributed by atoms with Crippen molar-refractivity contribution in [2.75, 3.05) is 6.54 Å². The lowest BCUT2D eigenvalue weighted by atomic mass is 9.49. The standard InChI is InChI=1S/C18H22ClNOS/c1-2-14-9-22-16(15(14)19)17(21)20-10-18-6-11-3-12(7-18)5-13(4-11)8-18/h2,9,11-13H,1,3-8,10H2,(H,20,21). The lowest BCUT2D eigenvalue weighted by Crippen LogP contribution is -2.51. The minimum atomic E-state index is -0.0150. The number of rotatable bonds is 4. The minimum Gasteiger partial charge on any atom is -0.351 e. The van der Waals surface area contributed by atoms with Crippen molar-refractivity contribution < 1.29 is 4.79 Å². The van der Waals surface area contributed by atoms with Crippen LogP contribution in [0.15, 0.2) is 12.0 Å². The lowest BCUT2D eigenvalue weighted by molar-refractivity contribution is -0.0503. The van der Waals surface area contributed by atoms with E-state index in [1.807, 2.05) is 5.38 Å². The van der Waals surface area contributed by atoms with E-state index < -0.39 is 0 Å². The van der Waals surface area contributed by atoms with Crippen molar-refractivity contribution in [2.24, 2.45) is 23.2 Å². The summed E-state index contributed by atoms with van der Waals surface area (Å²) in [5, 5.41) is 5.63. The molecular weight excluding hydrogens is 314 g/mol. The van der Waals surface area contributed by atoms with Crippen LogP contribution < -0.4 is 5.32 Å². The summed E-state index contributed by atoms with van der Waals surface area (Å²) in [5.41, 5.74) is 1.22. The van der Waals surface area contributed by atoms with Gasteiger partial charge in [0.05, 0.1) is 5.02 Å². The van der Waals surface area contributed by atoms with E-state index >= 15 is 0 Å². The van der Waals surface area contributed by atoms with Crippen molar-refractivity contribution in [3.63, 3.8) is 0 Å². The van der Waals surface area contributed by atoms with E-state index in [0.717, 1.165) is 29.9 Å². The normalized spacial score (nSPS) is 35.6. The Hall–Kier alpha value is -0.800. The molecular formula is C18H22ClNOS. The molecule has 1 N–H and O–H groups in total. The molecule has 0 saturated heterocycles. The first kappa shape index (κ1) is 14.8. The van der Waals surface area contributed by atoms with Gasteiger partial charge in [-0.3, -0.25) is 4.79 Å². The summed E-state index contributed by atoms with van der Waals surface area (Å²) in [5.74, 6) is 2.74. The van der Waals surface area contributed by atoms with Gasteiger partial charge in [0.1, 0.15) is 4.88 Å². The van der Waals surface area contributed by atoms with E-state index in [4.69, 9.17) is 11.6 Å². The number of halogens is 1. The fourth-order valence-corrected chi connectivity index (χ4v) is 6.78. The number of carbonyl (C=O) groups is 1. The number of hydrogen-bond donors (Lipinski definition) is 1. The second-order valence-corrected chi connectivity index (χ2v) is 8.90. The van der Waals surface area contributed by atoms with Crippen LogP contribution in [-0.2, 0) is 0 Å². The van der Waals surface area contributed by atoms with Gasteiger partial charge in [-0.15, -0.1) is 11.3 Å². The largest absolute Gasteiger partial charge is 0.351 e. The minimum absolute atomic E-state index is 0.0150. The molecule has 0 aliphatic heterocycles. The number of thiophene rings is 1. The maximum atomic E-state index is 12.5. The van der Waals surface area contributed by atoms with Gasteiger partial charge in [-0.2, -0.15) is 0 Å². The molecule has 118 valence electrons. The average molecular weight is 336 g/mol. The van der Waals surface area contributed by atoms with Crippen LogP contribution in [0.1, 0.15) is 53.8 Å².